The summed E-state index contributed by atoms with van der Waals surface area (Å²) >= 11 is 0. The minimum absolute atomic E-state index is 0.0132. The quantitative estimate of drug-likeness (QED) is 0.788. The van der Waals surface area contributed by atoms with E-state index in [2.05, 4.69) is 4.90 Å². The average Bonchev–Trinajstić information content (AvgIpc) is 2.77. The normalized spacial score (nSPS) is 24.4. The largest absolute Gasteiger partial charge is 0.292 e. The highest BCUT2D eigenvalue weighted by Crippen LogP contribution is 2.23. The Bertz CT molecular complexity index is 494. The Morgan fingerprint density at radius 2 is 1.70 bits per heavy atom. The minimum atomic E-state index is -0.216. The van der Waals surface area contributed by atoms with Gasteiger partial charge < -0.3 is 0 Å². The molecule has 106 valence electrons. The van der Waals surface area contributed by atoms with Crippen LogP contribution in [0, 0.1) is 0 Å². The molecule has 0 aliphatic carbocycles. The van der Waals surface area contributed by atoms with Crippen molar-refractivity contribution in [2.24, 2.45) is 0 Å². The summed E-state index contributed by atoms with van der Waals surface area (Å²) < 4.78 is 0. The Labute approximate surface area is 119 Å². The molecule has 20 heavy (non-hydrogen) atoms. The molecular weight excluding hydrogens is 252 g/mol. The molecule has 2 aliphatic rings. The molecule has 0 radical (unpaired) electrons. The first kappa shape index (κ1) is 13.3. The maximum absolute atomic E-state index is 12.5. The molecule has 1 aromatic carbocycles. The van der Waals surface area contributed by atoms with Crippen LogP contribution in [-0.4, -0.2) is 40.7 Å². The van der Waals surface area contributed by atoms with Crippen LogP contribution in [0.3, 0.4) is 0 Å². The van der Waals surface area contributed by atoms with E-state index in [1.165, 1.54) is 11.3 Å². The molecule has 0 spiro atoms. The van der Waals surface area contributed by atoms with Gasteiger partial charge in [-0.05, 0) is 31.5 Å². The summed E-state index contributed by atoms with van der Waals surface area (Å²) in [6.07, 6.45) is 3.86. The SMILES string of the molecule is O=C1C[C@@H](N2CCCCC2)C(=O)N1Cc1ccccc1. The Kier molecular flexibility index (Phi) is 3.83. The molecule has 3 rings (SSSR count). The van der Waals surface area contributed by atoms with Gasteiger partial charge >= 0.3 is 0 Å². The van der Waals surface area contributed by atoms with Gasteiger partial charge in [0, 0.05) is 0 Å². The van der Waals surface area contributed by atoms with Crippen LogP contribution in [0.2, 0.25) is 0 Å². The third-order valence-corrected chi connectivity index (χ3v) is 4.24. The number of hydrogen-bond acceptors (Lipinski definition) is 3. The van der Waals surface area contributed by atoms with Crippen LogP contribution in [0.4, 0.5) is 0 Å². The summed E-state index contributed by atoms with van der Waals surface area (Å²) in [5, 5.41) is 0. The van der Waals surface area contributed by atoms with Gasteiger partial charge in [0.2, 0.25) is 11.8 Å². The first-order valence-corrected chi connectivity index (χ1v) is 7.38. The van der Waals surface area contributed by atoms with E-state index >= 15 is 0 Å². The molecule has 0 N–H and O–H groups in total. The molecule has 0 bridgehead atoms. The molecule has 0 unspecified atom stereocenters. The first-order valence-electron chi connectivity index (χ1n) is 7.38. The van der Waals surface area contributed by atoms with E-state index in [1.54, 1.807) is 0 Å². The van der Waals surface area contributed by atoms with Crippen LogP contribution in [0.1, 0.15) is 31.2 Å². The van der Waals surface area contributed by atoms with Gasteiger partial charge in [0.1, 0.15) is 0 Å². The van der Waals surface area contributed by atoms with Crippen molar-refractivity contribution >= 4 is 11.8 Å². The van der Waals surface area contributed by atoms with Crippen molar-refractivity contribution in [2.45, 2.75) is 38.3 Å². The summed E-state index contributed by atoms with van der Waals surface area (Å²) in [6.45, 7) is 2.30. The van der Waals surface area contributed by atoms with E-state index in [1.807, 2.05) is 30.3 Å². The molecule has 0 saturated carbocycles. The molecule has 1 aromatic rings. The van der Waals surface area contributed by atoms with Crippen molar-refractivity contribution in [3.05, 3.63) is 35.9 Å². The fraction of sp³-hybridized carbons (Fsp3) is 0.500. The van der Waals surface area contributed by atoms with Crippen LogP contribution < -0.4 is 0 Å². The lowest BCUT2D eigenvalue weighted by Gasteiger charge is -2.30. The van der Waals surface area contributed by atoms with Crippen LogP contribution in [0.15, 0.2) is 30.3 Å². The predicted octanol–water partition coefficient (Wildman–Crippen LogP) is 1.80. The minimum Gasteiger partial charge on any atom is -0.292 e. The first-order chi connectivity index (χ1) is 9.75. The molecule has 2 heterocycles. The molecule has 2 aliphatic heterocycles. The second-order valence-corrected chi connectivity index (χ2v) is 5.62. The Balaban J connectivity index is 1.70. The van der Waals surface area contributed by atoms with Gasteiger partial charge in [-0.3, -0.25) is 19.4 Å². The molecule has 4 heteroatoms. The maximum Gasteiger partial charge on any atom is 0.247 e. The van der Waals surface area contributed by atoms with Crippen molar-refractivity contribution in [2.75, 3.05) is 13.1 Å². The number of hydrogen-bond donors (Lipinski definition) is 0. The van der Waals surface area contributed by atoms with E-state index in [0.29, 0.717) is 13.0 Å². The van der Waals surface area contributed by atoms with Gasteiger partial charge in [-0.25, -0.2) is 0 Å². The van der Waals surface area contributed by atoms with Gasteiger partial charge in [0.15, 0.2) is 0 Å². The van der Waals surface area contributed by atoms with E-state index < -0.39 is 0 Å². The third kappa shape index (κ3) is 2.61. The van der Waals surface area contributed by atoms with E-state index in [0.717, 1.165) is 31.5 Å². The molecule has 4 nitrogen and oxygen atoms in total. The van der Waals surface area contributed by atoms with Crippen LogP contribution in [0.5, 0.6) is 0 Å². The standard InChI is InChI=1S/C16H20N2O2/c19-15-11-14(17-9-5-2-6-10-17)16(20)18(15)12-13-7-3-1-4-8-13/h1,3-4,7-8,14H,2,5-6,9-12H2/t14-/m1/s1. The van der Waals surface area contributed by atoms with Gasteiger partial charge in [0.05, 0.1) is 19.0 Å². The average molecular weight is 272 g/mol. The number of carbonyl (C=O) groups is 2. The zero-order valence-corrected chi connectivity index (χ0v) is 11.6. The van der Waals surface area contributed by atoms with Crippen molar-refractivity contribution < 1.29 is 9.59 Å². The van der Waals surface area contributed by atoms with E-state index in [-0.39, 0.29) is 17.9 Å². The Hall–Kier alpha value is -1.68. The maximum atomic E-state index is 12.5. The number of piperidine rings is 1. The predicted molar refractivity (Wildman–Crippen MR) is 75.8 cm³/mol. The highest BCUT2D eigenvalue weighted by Gasteiger charge is 2.41. The number of benzene rings is 1. The smallest absolute Gasteiger partial charge is 0.247 e. The lowest BCUT2D eigenvalue weighted by molar-refractivity contribution is -0.140. The molecular formula is C16H20N2O2. The van der Waals surface area contributed by atoms with Crippen LogP contribution in [-0.2, 0) is 16.1 Å². The number of nitrogens with zero attached hydrogens (tertiary/aromatic N) is 2. The lowest BCUT2D eigenvalue weighted by Crippen LogP contribution is -2.44. The van der Waals surface area contributed by atoms with Crippen molar-refractivity contribution in [3.63, 3.8) is 0 Å². The van der Waals surface area contributed by atoms with Gasteiger partial charge in [-0.15, -0.1) is 0 Å². The number of likely N-dealkylation sites (tertiary alicyclic amines) is 2. The Morgan fingerprint density at radius 3 is 2.40 bits per heavy atom. The summed E-state index contributed by atoms with van der Waals surface area (Å²) in [5.74, 6) is -0.0461. The summed E-state index contributed by atoms with van der Waals surface area (Å²) in [7, 11) is 0. The van der Waals surface area contributed by atoms with E-state index in [9.17, 15) is 9.59 Å². The number of amides is 2. The summed E-state index contributed by atoms with van der Waals surface area (Å²) in [4.78, 5) is 28.2. The van der Waals surface area contributed by atoms with Gasteiger partial charge in [-0.1, -0.05) is 36.8 Å². The molecule has 2 amide bonds. The van der Waals surface area contributed by atoms with Crippen LogP contribution in [0.25, 0.3) is 0 Å². The second-order valence-electron chi connectivity index (χ2n) is 5.62. The lowest BCUT2D eigenvalue weighted by atomic mass is 10.1. The molecule has 2 saturated heterocycles. The highest BCUT2D eigenvalue weighted by molar-refractivity contribution is 6.05. The van der Waals surface area contributed by atoms with Crippen molar-refractivity contribution in [1.29, 1.82) is 0 Å². The van der Waals surface area contributed by atoms with Crippen LogP contribution >= 0.6 is 0 Å². The van der Waals surface area contributed by atoms with Crippen molar-refractivity contribution in [3.8, 4) is 0 Å². The Morgan fingerprint density at radius 1 is 1.00 bits per heavy atom. The summed E-state index contributed by atoms with van der Waals surface area (Å²) in [6, 6.07) is 9.49. The monoisotopic (exact) mass is 272 g/mol. The summed E-state index contributed by atoms with van der Waals surface area (Å²) in [5.41, 5.74) is 1.01. The van der Waals surface area contributed by atoms with Gasteiger partial charge in [-0.2, -0.15) is 0 Å². The van der Waals surface area contributed by atoms with Crippen molar-refractivity contribution in [1.82, 2.24) is 9.80 Å². The molecule has 1 atom stereocenters. The highest BCUT2D eigenvalue weighted by atomic mass is 16.2. The zero-order chi connectivity index (χ0) is 13.9. The molecule has 0 aromatic heterocycles. The topological polar surface area (TPSA) is 40.6 Å². The number of imide groups is 1. The zero-order valence-electron chi connectivity index (χ0n) is 11.6. The number of carbonyl (C=O) groups excluding carboxylic acids is 2. The van der Waals surface area contributed by atoms with Gasteiger partial charge in [0.25, 0.3) is 0 Å². The number of rotatable bonds is 3. The second kappa shape index (κ2) is 5.75. The van der Waals surface area contributed by atoms with E-state index in [4.69, 9.17) is 0 Å². The fourth-order valence-electron chi connectivity index (χ4n) is 3.11. The third-order valence-electron chi connectivity index (χ3n) is 4.24. The fourth-order valence-corrected chi connectivity index (χ4v) is 3.11. The molecule has 2 fully saturated rings.